The van der Waals surface area contributed by atoms with Gasteiger partial charge in [-0.2, -0.15) is 10.5 Å². The average Bonchev–Trinajstić information content (AvgIpc) is 2.35. The molecule has 0 radical (unpaired) electrons. The zero-order valence-corrected chi connectivity index (χ0v) is 9.19. The molecule has 0 heterocycles. The molecule has 0 spiro atoms. The molecule has 0 saturated carbocycles. The van der Waals surface area contributed by atoms with E-state index in [4.69, 9.17) is 15.3 Å². The maximum absolute atomic E-state index is 13.5. The number of benzene rings is 1. The van der Waals surface area contributed by atoms with Crippen molar-refractivity contribution in [3.05, 3.63) is 42.2 Å². The van der Waals surface area contributed by atoms with E-state index >= 15 is 0 Å². The van der Waals surface area contributed by atoms with Crippen molar-refractivity contribution < 1.29 is 9.13 Å². The summed E-state index contributed by atoms with van der Waals surface area (Å²) in [4.78, 5) is 0. The van der Waals surface area contributed by atoms with Gasteiger partial charge in [-0.05, 0) is 11.6 Å². The maximum atomic E-state index is 13.5. The van der Waals surface area contributed by atoms with Gasteiger partial charge in [-0.3, -0.25) is 0 Å². The fourth-order valence-electron chi connectivity index (χ4n) is 1.36. The molecule has 0 unspecified atom stereocenters. The highest BCUT2D eigenvalue weighted by molar-refractivity contribution is 5.36. The second-order valence-electron chi connectivity index (χ2n) is 3.34. The van der Waals surface area contributed by atoms with E-state index in [0.717, 1.165) is 0 Å². The number of nitriles is 2. The Bertz CT molecular complexity index is 471. The Balaban J connectivity index is 2.98. The molecule has 0 saturated heterocycles. The second kappa shape index (κ2) is 6.30. The summed E-state index contributed by atoms with van der Waals surface area (Å²) in [7, 11) is 0. The number of rotatable bonds is 5. The summed E-state index contributed by atoms with van der Waals surface area (Å²) in [5, 5.41) is 17.4. The fourth-order valence-corrected chi connectivity index (χ4v) is 1.36. The lowest BCUT2D eigenvalue weighted by molar-refractivity contribution is 0.337. The van der Waals surface area contributed by atoms with Crippen molar-refractivity contribution in [2.45, 2.75) is 6.42 Å². The van der Waals surface area contributed by atoms with Crippen LogP contribution in [0.4, 0.5) is 4.39 Å². The first-order valence-electron chi connectivity index (χ1n) is 5.03. The van der Waals surface area contributed by atoms with Gasteiger partial charge in [-0.1, -0.05) is 24.8 Å². The Morgan fingerprint density at radius 2 is 2.12 bits per heavy atom. The van der Waals surface area contributed by atoms with Crippen LogP contribution in [-0.4, -0.2) is 6.61 Å². The molecule has 1 rings (SSSR count). The van der Waals surface area contributed by atoms with E-state index in [0.29, 0.717) is 5.56 Å². The van der Waals surface area contributed by atoms with E-state index in [2.05, 4.69) is 6.58 Å². The van der Waals surface area contributed by atoms with Gasteiger partial charge in [0.1, 0.15) is 12.5 Å². The van der Waals surface area contributed by atoms with E-state index in [-0.39, 0.29) is 18.8 Å². The summed E-state index contributed by atoms with van der Waals surface area (Å²) in [6.07, 6.45) is 1.65. The quantitative estimate of drug-likeness (QED) is 0.730. The minimum Gasteiger partial charge on any atom is -0.486 e. The lowest BCUT2D eigenvalue weighted by atomic mass is 10.0. The Kier molecular flexibility index (Phi) is 4.72. The van der Waals surface area contributed by atoms with Crippen LogP contribution in [0.1, 0.15) is 5.56 Å². The van der Waals surface area contributed by atoms with Crippen LogP contribution in [0, 0.1) is 34.4 Å². The van der Waals surface area contributed by atoms with E-state index < -0.39 is 11.7 Å². The standard InChI is InChI=1S/C13H11FN2O/c1-2-6-17-13-11(4-3-5-12(13)14)7-10(8-15)9-16/h2-5,10H,1,6-7H2. The van der Waals surface area contributed by atoms with Gasteiger partial charge in [0.05, 0.1) is 12.1 Å². The molecule has 1 aromatic carbocycles. The smallest absolute Gasteiger partial charge is 0.165 e. The Labute approximate surface area is 99.4 Å². The first-order valence-corrected chi connectivity index (χ1v) is 5.03. The Morgan fingerprint density at radius 1 is 1.41 bits per heavy atom. The summed E-state index contributed by atoms with van der Waals surface area (Å²) < 4.78 is 18.7. The third-order valence-electron chi connectivity index (χ3n) is 2.13. The van der Waals surface area contributed by atoms with Gasteiger partial charge in [-0.15, -0.1) is 0 Å². The largest absolute Gasteiger partial charge is 0.486 e. The molecular weight excluding hydrogens is 219 g/mol. The van der Waals surface area contributed by atoms with Crippen molar-refractivity contribution in [2.24, 2.45) is 5.92 Å². The van der Waals surface area contributed by atoms with Crippen molar-refractivity contribution >= 4 is 0 Å². The van der Waals surface area contributed by atoms with Gasteiger partial charge in [0.2, 0.25) is 0 Å². The summed E-state index contributed by atoms with van der Waals surface area (Å²) in [6, 6.07) is 8.13. The van der Waals surface area contributed by atoms with Gasteiger partial charge in [-0.25, -0.2) is 4.39 Å². The number of hydrogen-bond donors (Lipinski definition) is 0. The van der Waals surface area contributed by atoms with Gasteiger partial charge >= 0.3 is 0 Å². The molecule has 0 aromatic heterocycles. The molecule has 86 valence electrons. The molecular formula is C13H11FN2O. The molecule has 0 aliphatic heterocycles. The summed E-state index contributed by atoms with van der Waals surface area (Å²) in [5.74, 6) is -1.22. The Morgan fingerprint density at radius 3 is 2.71 bits per heavy atom. The SMILES string of the molecule is C=CCOc1c(F)cccc1CC(C#N)C#N. The van der Waals surface area contributed by atoms with Crippen LogP contribution in [0.15, 0.2) is 30.9 Å². The van der Waals surface area contributed by atoms with Crippen molar-refractivity contribution in [1.29, 1.82) is 10.5 Å². The third-order valence-corrected chi connectivity index (χ3v) is 2.13. The fraction of sp³-hybridized carbons (Fsp3) is 0.231. The minimum atomic E-state index is -0.803. The van der Waals surface area contributed by atoms with E-state index in [1.807, 2.05) is 12.1 Å². The number of halogens is 1. The average molecular weight is 230 g/mol. The molecule has 4 heteroatoms. The van der Waals surface area contributed by atoms with Crippen molar-refractivity contribution in [2.75, 3.05) is 6.61 Å². The van der Waals surface area contributed by atoms with E-state index in [1.54, 1.807) is 6.07 Å². The molecule has 1 aromatic rings. The molecule has 0 amide bonds. The monoisotopic (exact) mass is 230 g/mol. The first-order chi connectivity index (χ1) is 8.22. The minimum absolute atomic E-state index is 0.0860. The van der Waals surface area contributed by atoms with Crippen molar-refractivity contribution in [1.82, 2.24) is 0 Å². The maximum Gasteiger partial charge on any atom is 0.165 e. The highest BCUT2D eigenvalue weighted by atomic mass is 19.1. The molecule has 0 bridgehead atoms. The molecule has 0 N–H and O–H groups in total. The van der Waals surface area contributed by atoms with Crippen LogP contribution >= 0.6 is 0 Å². The lowest BCUT2D eigenvalue weighted by Gasteiger charge is -2.11. The van der Waals surface area contributed by atoms with E-state index in [1.165, 1.54) is 18.2 Å². The lowest BCUT2D eigenvalue weighted by Crippen LogP contribution is -2.04. The van der Waals surface area contributed by atoms with Gasteiger partial charge in [0.25, 0.3) is 0 Å². The van der Waals surface area contributed by atoms with Gasteiger partial charge in [0.15, 0.2) is 11.6 Å². The molecule has 0 atom stereocenters. The third kappa shape index (κ3) is 3.32. The zero-order valence-electron chi connectivity index (χ0n) is 9.19. The Hall–Kier alpha value is -2.33. The number of para-hydroxylation sites is 1. The van der Waals surface area contributed by atoms with Crippen molar-refractivity contribution in [3.63, 3.8) is 0 Å². The van der Waals surface area contributed by atoms with E-state index in [9.17, 15) is 4.39 Å². The highest BCUT2D eigenvalue weighted by Crippen LogP contribution is 2.25. The summed E-state index contributed by atoms with van der Waals surface area (Å²) in [5.41, 5.74) is 0.514. The van der Waals surface area contributed by atoms with Crippen LogP contribution in [0.2, 0.25) is 0 Å². The summed E-state index contributed by atoms with van der Waals surface area (Å²) >= 11 is 0. The van der Waals surface area contributed by atoms with Crippen LogP contribution in [0.3, 0.4) is 0 Å². The normalized spacial score (nSPS) is 9.41. The zero-order chi connectivity index (χ0) is 12.7. The van der Waals surface area contributed by atoms with Crippen LogP contribution in [0.25, 0.3) is 0 Å². The summed E-state index contributed by atoms with van der Waals surface area (Å²) in [6.45, 7) is 3.65. The van der Waals surface area contributed by atoms with Crippen LogP contribution < -0.4 is 4.74 Å². The molecule has 3 nitrogen and oxygen atoms in total. The molecule has 17 heavy (non-hydrogen) atoms. The predicted octanol–water partition coefficient (Wildman–Crippen LogP) is 2.60. The van der Waals surface area contributed by atoms with Crippen LogP contribution in [0.5, 0.6) is 5.75 Å². The van der Waals surface area contributed by atoms with Gasteiger partial charge in [0, 0.05) is 6.42 Å². The second-order valence-corrected chi connectivity index (χ2v) is 3.34. The topological polar surface area (TPSA) is 56.8 Å². The van der Waals surface area contributed by atoms with Crippen molar-refractivity contribution in [3.8, 4) is 17.9 Å². The molecule has 0 aliphatic rings. The van der Waals surface area contributed by atoms with Crippen LogP contribution in [-0.2, 0) is 6.42 Å². The number of hydrogen-bond acceptors (Lipinski definition) is 3. The molecule has 0 aliphatic carbocycles. The number of nitrogens with zero attached hydrogens (tertiary/aromatic N) is 2. The van der Waals surface area contributed by atoms with Gasteiger partial charge < -0.3 is 4.74 Å². The first kappa shape index (κ1) is 12.7. The predicted molar refractivity (Wildman–Crippen MR) is 60.5 cm³/mol. The molecule has 0 fully saturated rings. The highest BCUT2D eigenvalue weighted by Gasteiger charge is 2.14. The number of ether oxygens (including phenoxy) is 1.